The summed E-state index contributed by atoms with van der Waals surface area (Å²) in [5.74, 6) is 0.850. The van der Waals surface area contributed by atoms with Crippen LogP contribution in [0.15, 0.2) is 28.7 Å². The summed E-state index contributed by atoms with van der Waals surface area (Å²) in [6.45, 7) is 6.10. The van der Waals surface area contributed by atoms with Gasteiger partial charge in [0.15, 0.2) is 0 Å². The molecule has 0 unspecified atom stereocenters. The van der Waals surface area contributed by atoms with Gasteiger partial charge in [0, 0.05) is 15.9 Å². The molecular formula is C12H14BrN3. The second-order valence-corrected chi connectivity index (χ2v) is 4.68. The maximum Gasteiger partial charge on any atom is 0.145 e. The summed E-state index contributed by atoms with van der Waals surface area (Å²) in [7, 11) is 0. The van der Waals surface area contributed by atoms with E-state index in [1.165, 1.54) is 11.4 Å². The molecule has 0 saturated heterocycles. The van der Waals surface area contributed by atoms with Gasteiger partial charge in [-0.05, 0) is 61.0 Å². The van der Waals surface area contributed by atoms with Crippen LogP contribution in [-0.4, -0.2) is 9.66 Å². The second kappa shape index (κ2) is 4.29. The van der Waals surface area contributed by atoms with Gasteiger partial charge in [0.1, 0.15) is 5.82 Å². The molecular weight excluding hydrogens is 266 g/mol. The first-order valence-electron chi connectivity index (χ1n) is 5.13. The number of hydrogen-bond acceptors (Lipinski definition) is 2. The van der Waals surface area contributed by atoms with Gasteiger partial charge in [-0.3, -0.25) is 10.1 Å². The fourth-order valence-corrected chi connectivity index (χ4v) is 1.79. The van der Waals surface area contributed by atoms with Gasteiger partial charge in [0.25, 0.3) is 0 Å². The van der Waals surface area contributed by atoms with E-state index in [2.05, 4.69) is 52.3 Å². The molecule has 0 spiro atoms. The molecule has 4 heteroatoms. The fourth-order valence-electron chi connectivity index (χ4n) is 1.57. The lowest BCUT2D eigenvalue weighted by atomic mass is 10.4. The van der Waals surface area contributed by atoms with E-state index < -0.39 is 0 Å². The topological polar surface area (TPSA) is 29.9 Å². The van der Waals surface area contributed by atoms with E-state index in [0.717, 1.165) is 16.0 Å². The first-order valence-corrected chi connectivity index (χ1v) is 5.92. The molecule has 0 aliphatic rings. The Bertz CT molecular complexity index is 497. The Labute approximate surface area is 104 Å². The van der Waals surface area contributed by atoms with Crippen molar-refractivity contribution in [2.75, 3.05) is 5.43 Å². The zero-order chi connectivity index (χ0) is 11.7. The molecule has 0 aromatic carbocycles. The molecule has 16 heavy (non-hydrogen) atoms. The van der Waals surface area contributed by atoms with Crippen molar-refractivity contribution in [2.24, 2.45) is 0 Å². The molecule has 2 aromatic heterocycles. The van der Waals surface area contributed by atoms with E-state index in [-0.39, 0.29) is 0 Å². The van der Waals surface area contributed by atoms with E-state index in [1.807, 2.05) is 23.7 Å². The van der Waals surface area contributed by atoms with Crippen LogP contribution in [0.3, 0.4) is 0 Å². The van der Waals surface area contributed by atoms with Crippen LogP contribution in [0.5, 0.6) is 0 Å². The number of hydrogen-bond donors (Lipinski definition) is 1. The van der Waals surface area contributed by atoms with Crippen molar-refractivity contribution in [3.05, 3.63) is 45.8 Å². The number of halogens is 1. The molecule has 1 N–H and O–H groups in total. The van der Waals surface area contributed by atoms with E-state index in [9.17, 15) is 0 Å². The molecule has 84 valence electrons. The highest BCUT2D eigenvalue weighted by atomic mass is 79.9. The van der Waals surface area contributed by atoms with Crippen molar-refractivity contribution in [2.45, 2.75) is 20.8 Å². The minimum atomic E-state index is 0.850. The number of nitrogens with one attached hydrogen (secondary N) is 1. The highest BCUT2D eigenvalue weighted by molar-refractivity contribution is 9.10. The Hall–Kier alpha value is -1.29. The lowest BCUT2D eigenvalue weighted by Crippen LogP contribution is -2.13. The summed E-state index contributed by atoms with van der Waals surface area (Å²) in [6.07, 6.45) is 0. The number of aryl methyl sites for hydroxylation is 3. The Balaban J connectivity index is 2.31. The largest absolute Gasteiger partial charge is 0.278 e. The Morgan fingerprint density at radius 2 is 1.69 bits per heavy atom. The summed E-state index contributed by atoms with van der Waals surface area (Å²) in [6, 6.07) is 8.11. The van der Waals surface area contributed by atoms with Crippen LogP contribution in [-0.2, 0) is 0 Å². The van der Waals surface area contributed by atoms with Gasteiger partial charge < -0.3 is 0 Å². The minimum absolute atomic E-state index is 0.850. The molecule has 0 aliphatic carbocycles. The molecule has 3 nitrogen and oxygen atoms in total. The van der Waals surface area contributed by atoms with Crippen LogP contribution >= 0.6 is 15.9 Å². The number of aromatic nitrogens is 2. The van der Waals surface area contributed by atoms with Gasteiger partial charge in [-0.2, -0.15) is 0 Å². The van der Waals surface area contributed by atoms with Crippen molar-refractivity contribution >= 4 is 21.7 Å². The summed E-state index contributed by atoms with van der Waals surface area (Å²) in [4.78, 5) is 4.45. The zero-order valence-electron chi connectivity index (χ0n) is 9.58. The molecule has 0 amide bonds. The Kier molecular flexibility index (Phi) is 3.01. The van der Waals surface area contributed by atoms with Crippen molar-refractivity contribution in [1.29, 1.82) is 0 Å². The average molecular weight is 280 g/mol. The number of anilines is 1. The van der Waals surface area contributed by atoms with Crippen LogP contribution in [0.1, 0.15) is 17.1 Å². The van der Waals surface area contributed by atoms with Crippen molar-refractivity contribution in [3.8, 4) is 0 Å². The molecule has 2 rings (SSSR count). The van der Waals surface area contributed by atoms with Gasteiger partial charge >= 0.3 is 0 Å². The predicted octanol–water partition coefficient (Wildman–Crippen LogP) is 3.45. The van der Waals surface area contributed by atoms with E-state index >= 15 is 0 Å². The number of nitrogens with zero attached hydrogens (tertiary/aromatic N) is 2. The van der Waals surface area contributed by atoms with Crippen molar-refractivity contribution < 1.29 is 0 Å². The Morgan fingerprint density at radius 1 is 1.06 bits per heavy atom. The maximum absolute atomic E-state index is 4.45. The van der Waals surface area contributed by atoms with Crippen LogP contribution in [0, 0.1) is 20.8 Å². The molecule has 0 bridgehead atoms. The quantitative estimate of drug-likeness (QED) is 0.913. The van der Waals surface area contributed by atoms with Crippen molar-refractivity contribution in [3.63, 3.8) is 0 Å². The standard InChI is InChI=1S/C12H14BrN3/c1-8-4-5-9(2)16(8)15-12-7-6-11(13)10(3)14-12/h4-7H,1-3H3,(H,14,15). The monoisotopic (exact) mass is 279 g/mol. The molecule has 0 radical (unpaired) electrons. The second-order valence-electron chi connectivity index (χ2n) is 3.83. The summed E-state index contributed by atoms with van der Waals surface area (Å²) in [5, 5.41) is 0. The zero-order valence-corrected chi connectivity index (χ0v) is 11.2. The molecule has 0 atom stereocenters. The van der Waals surface area contributed by atoms with Gasteiger partial charge in [0.05, 0.1) is 5.69 Å². The highest BCUT2D eigenvalue weighted by Gasteiger charge is 2.03. The van der Waals surface area contributed by atoms with Gasteiger partial charge in [-0.25, -0.2) is 4.98 Å². The fraction of sp³-hybridized carbons (Fsp3) is 0.250. The van der Waals surface area contributed by atoms with Crippen molar-refractivity contribution in [1.82, 2.24) is 9.66 Å². The summed E-state index contributed by atoms with van der Waals surface area (Å²) in [5.41, 5.74) is 6.59. The van der Waals surface area contributed by atoms with Gasteiger partial charge in [-0.1, -0.05) is 0 Å². The molecule has 0 saturated carbocycles. The predicted molar refractivity (Wildman–Crippen MR) is 69.6 cm³/mol. The smallest absolute Gasteiger partial charge is 0.145 e. The molecule has 2 aromatic rings. The third-order valence-electron chi connectivity index (χ3n) is 2.52. The van der Waals surface area contributed by atoms with E-state index in [0.29, 0.717) is 0 Å². The van der Waals surface area contributed by atoms with Crippen LogP contribution in [0.25, 0.3) is 0 Å². The third-order valence-corrected chi connectivity index (χ3v) is 3.36. The van der Waals surface area contributed by atoms with E-state index in [1.54, 1.807) is 0 Å². The number of pyridine rings is 1. The van der Waals surface area contributed by atoms with Crippen LogP contribution < -0.4 is 5.43 Å². The van der Waals surface area contributed by atoms with E-state index in [4.69, 9.17) is 0 Å². The van der Waals surface area contributed by atoms with Crippen LogP contribution in [0.4, 0.5) is 5.82 Å². The molecule has 0 aliphatic heterocycles. The van der Waals surface area contributed by atoms with Crippen LogP contribution in [0.2, 0.25) is 0 Å². The Morgan fingerprint density at radius 3 is 2.25 bits per heavy atom. The summed E-state index contributed by atoms with van der Waals surface area (Å²) >= 11 is 3.44. The maximum atomic E-state index is 4.45. The SMILES string of the molecule is Cc1nc(Nn2c(C)ccc2C)ccc1Br. The molecule has 2 heterocycles. The normalized spacial score (nSPS) is 10.5. The highest BCUT2D eigenvalue weighted by Crippen LogP contribution is 2.17. The van der Waals surface area contributed by atoms with Gasteiger partial charge in [0.2, 0.25) is 0 Å². The first-order chi connectivity index (χ1) is 7.58. The lowest BCUT2D eigenvalue weighted by molar-refractivity contribution is 0.868. The summed E-state index contributed by atoms with van der Waals surface area (Å²) < 4.78 is 3.05. The van der Waals surface area contributed by atoms with Gasteiger partial charge in [-0.15, -0.1) is 0 Å². The minimum Gasteiger partial charge on any atom is -0.278 e. The first kappa shape index (κ1) is 11.2. The molecule has 0 fully saturated rings. The third kappa shape index (κ3) is 2.11. The lowest BCUT2D eigenvalue weighted by Gasteiger charge is -2.12. The number of rotatable bonds is 2. The average Bonchev–Trinajstić information content (AvgIpc) is 2.55.